The highest BCUT2D eigenvalue weighted by molar-refractivity contribution is 6.91. The summed E-state index contributed by atoms with van der Waals surface area (Å²) in [7, 11) is 0.886. The quantitative estimate of drug-likeness (QED) is 0.117. The summed E-state index contributed by atoms with van der Waals surface area (Å²) in [6.45, 7) is 7.64. The maximum Gasteiger partial charge on any atom is 0.264 e. The van der Waals surface area contributed by atoms with Crippen LogP contribution in [0.25, 0.3) is 0 Å². The molecule has 11 nitrogen and oxygen atoms in total. The summed E-state index contributed by atoms with van der Waals surface area (Å²) in [6, 6.07) is 40.1. The minimum absolute atomic E-state index is 0.00450. The van der Waals surface area contributed by atoms with Crippen molar-refractivity contribution in [3.8, 4) is 11.5 Å². The monoisotopic (exact) mass is 847 g/mol. The molecule has 1 N–H and O–H groups in total. The number of ether oxygens (including phenoxy) is 3. The van der Waals surface area contributed by atoms with Crippen LogP contribution in [0.1, 0.15) is 53.6 Å². The third-order valence-electron chi connectivity index (χ3n) is 13.6. The van der Waals surface area contributed by atoms with Crippen molar-refractivity contribution in [1.29, 1.82) is 0 Å². The topological polar surface area (TPSA) is 119 Å². The third kappa shape index (κ3) is 7.09. The molecule has 0 aliphatic carbocycles. The Morgan fingerprint density at radius 3 is 2.35 bits per heavy atom. The molecule has 1 aromatic heterocycles. The molecule has 1 saturated heterocycles. The Balaban J connectivity index is 1.07. The van der Waals surface area contributed by atoms with Crippen LogP contribution in [0, 0.1) is 5.92 Å². The molecule has 1 unspecified atom stereocenters. The number of nitrogens with zero attached hydrogens (tertiary/aromatic N) is 5. The van der Waals surface area contributed by atoms with E-state index in [1.54, 1.807) is 19.1 Å². The summed E-state index contributed by atoms with van der Waals surface area (Å²) in [6.07, 6.45) is 3.33. The summed E-state index contributed by atoms with van der Waals surface area (Å²) in [5, 5.41) is 20.6. The number of aryl methyl sites for hydroxylation is 2. The van der Waals surface area contributed by atoms with Crippen LogP contribution in [0.4, 0.5) is 17.1 Å². The lowest BCUT2D eigenvalue weighted by atomic mass is 9.82. The number of methoxy groups -OCH3 is 2. The van der Waals surface area contributed by atoms with Crippen molar-refractivity contribution in [3.05, 3.63) is 155 Å². The van der Waals surface area contributed by atoms with Gasteiger partial charge in [0, 0.05) is 36.3 Å². The van der Waals surface area contributed by atoms with E-state index in [9.17, 15) is 9.90 Å². The van der Waals surface area contributed by atoms with Gasteiger partial charge in [-0.05, 0) is 83.6 Å². The molecule has 318 valence electrons. The van der Waals surface area contributed by atoms with Crippen LogP contribution in [0.3, 0.4) is 0 Å². The first-order valence-electron chi connectivity index (χ1n) is 21.5. The molecule has 3 aliphatic rings. The molecule has 5 aromatic carbocycles. The Morgan fingerprint density at radius 1 is 0.855 bits per heavy atom. The van der Waals surface area contributed by atoms with Crippen molar-refractivity contribution in [2.45, 2.75) is 75.5 Å². The number of carbonyl (C=O) groups excluding carboxylic acids is 2. The van der Waals surface area contributed by atoms with Gasteiger partial charge in [-0.25, -0.2) is 0 Å². The molecule has 6 aromatic rings. The number of aliphatic hydroxyl groups is 1. The fraction of sp³-hybridized carbons (Fsp3) is 0.320. The summed E-state index contributed by atoms with van der Waals surface area (Å²) in [5.74, 6) is 0.863. The van der Waals surface area contributed by atoms with Crippen molar-refractivity contribution in [3.63, 3.8) is 0 Å². The fourth-order valence-electron chi connectivity index (χ4n) is 10.4. The standard InChI is InChI=1S/C50H53N5O6Si/c1-33-48(62(4,5)40-22-19-38(59-2)20-23-40)46(26-27-53-31-43(51-52-53)41(32-56)35-13-7-6-8-14-35)61-50(33)42-29-39(60-3)21-24-45(42)54(49(50)58)30-34-12-11-16-37(28-34)55-44-17-10-9-15-36(44)18-25-47(55)57/h6-17,19-24,28-29,31,33,41,46,48,56H,18,25-27,30,32H2,1-5H3/t33-,41?,46+,48-,50+/m1/s1. The fourth-order valence-corrected chi connectivity index (χ4v) is 14.5. The number of benzene rings is 5. The Labute approximate surface area is 363 Å². The lowest BCUT2D eigenvalue weighted by Gasteiger charge is -2.37. The molecule has 0 bridgehead atoms. The first kappa shape index (κ1) is 41.3. The third-order valence-corrected chi connectivity index (χ3v) is 17.9. The van der Waals surface area contributed by atoms with Crippen LogP contribution in [0.15, 0.2) is 128 Å². The van der Waals surface area contributed by atoms with E-state index in [1.807, 2.05) is 119 Å². The van der Waals surface area contributed by atoms with Crippen LogP contribution >= 0.6 is 0 Å². The van der Waals surface area contributed by atoms with Gasteiger partial charge in [-0.1, -0.05) is 103 Å². The zero-order chi connectivity index (χ0) is 43.2. The normalized spacial score (nSPS) is 21.3. The molecule has 1 fully saturated rings. The van der Waals surface area contributed by atoms with Crippen molar-refractivity contribution in [2.24, 2.45) is 5.92 Å². The molecule has 2 amide bonds. The molecule has 4 heterocycles. The van der Waals surface area contributed by atoms with E-state index >= 15 is 4.79 Å². The molecule has 0 saturated carbocycles. The number of rotatable bonds is 13. The van der Waals surface area contributed by atoms with E-state index < -0.39 is 13.7 Å². The van der Waals surface area contributed by atoms with E-state index in [-0.39, 0.29) is 48.4 Å². The zero-order valence-corrected chi connectivity index (χ0v) is 36.9. The number of hydrogen-bond donors (Lipinski definition) is 1. The zero-order valence-electron chi connectivity index (χ0n) is 35.9. The summed E-state index contributed by atoms with van der Waals surface area (Å²) >= 11 is 0. The Bertz CT molecular complexity index is 2600. The Morgan fingerprint density at radius 2 is 1.60 bits per heavy atom. The van der Waals surface area contributed by atoms with Gasteiger partial charge < -0.3 is 24.2 Å². The van der Waals surface area contributed by atoms with Crippen molar-refractivity contribution < 1.29 is 28.9 Å². The first-order chi connectivity index (χ1) is 30.1. The number of amides is 2. The van der Waals surface area contributed by atoms with E-state index in [0.29, 0.717) is 37.3 Å². The second-order valence-electron chi connectivity index (χ2n) is 17.3. The summed E-state index contributed by atoms with van der Waals surface area (Å²) in [5.41, 5.74) is 5.68. The largest absolute Gasteiger partial charge is 0.497 e. The molecule has 5 atom stereocenters. The highest BCUT2D eigenvalue weighted by Gasteiger charge is 2.66. The lowest BCUT2D eigenvalue weighted by molar-refractivity contribution is -0.146. The molecule has 62 heavy (non-hydrogen) atoms. The van der Waals surface area contributed by atoms with E-state index in [1.165, 1.54) is 5.19 Å². The molecule has 12 heteroatoms. The maximum absolute atomic E-state index is 15.6. The molecule has 0 radical (unpaired) electrons. The van der Waals surface area contributed by atoms with Gasteiger partial charge in [0.15, 0.2) is 5.60 Å². The first-order valence-corrected chi connectivity index (χ1v) is 24.5. The van der Waals surface area contributed by atoms with Crippen LogP contribution in [-0.2, 0) is 39.4 Å². The number of carbonyl (C=O) groups is 2. The van der Waals surface area contributed by atoms with Gasteiger partial charge in [-0.2, -0.15) is 0 Å². The van der Waals surface area contributed by atoms with Crippen LogP contribution in [0.5, 0.6) is 11.5 Å². The minimum atomic E-state index is -2.43. The molecular weight excluding hydrogens is 795 g/mol. The van der Waals surface area contributed by atoms with Gasteiger partial charge in [0.2, 0.25) is 5.91 Å². The van der Waals surface area contributed by atoms with Crippen molar-refractivity contribution in [1.82, 2.24) is 15.0 Å². The maximum atomic E-state index is 15.6. The SMILES string of the molecule is COc1ccc([Si](C)(C)[C@H]2[C@H](CCn3cc(C(CO)c4ccccc4)nn3)O[C@@]3(C(=O)N(Cc4cccc(N5C(=O)CCc6ccccc65)c4)c4ccc(OC)cc43)[C@@H]2C)cc1. The van der Waals surface area contributed by atoms with Crippen LogP contribution in [-0.4, -0.2) is 66.9 Å². The molecule has 1 spiro atoms. The van der Waals surface area contributed by atoms with Gasteiger partial charge in [-0.15, -0.1) is 5.10 Å². The Kier molecular flexibility index (Phi) is 11.1. The minimum Gasteiger partial charge on any atom is -0.497 e. The van der Waals surface area contributed by atoms with Gasteiger partial charge in [0.1, 0.15) is 11.5 Å². The molecular formula is C50H53N5O6Si. The van der Waals surface area contributed by atoms with Gasteiger partial charge in [-0.3, -0.25) is 19.2 Å². The second-order valence-corrected chi connectivity index (χ2v) is 22.0. The van der Waals surface area contributed by atoms with E-state index in [2.05, 4.69) is 48.5 Å². The number of aromatic nitrogens is 3. The van der Waals surface area contributed by atoms with Gasteiger partial charge in [0.05, 0.1) is 64.5 Å². The van der Waals surface area contributed by atoms with Gasteiger partial charge in [0.25, 0.3) is 5.91 Å². The predicted octanol–water partition coefficient (Wildman–Crippen LogP) is 7.88. The average Bonchev–Trinajstić information content (AvgIpc) is 3.96. The van der Waals surface area contributed by atoms with Crippen molar-refractivity contribution in [2.75, 3.05) is 30.6 Å². The van der Waals surface area contributed by atoms with E-state index in [4.69, 9.17) is 14.2 Å². The molecule has 9 rings (SSSR count). The van der Waals surface area contributed by atoms with Crippen molar-refractivity contribution >= 4 is 42.1 Å². The average molecular weight is 848 g/mol. The number of aliphatic hydroxyl groups excluding tert-OH is 1. The number of hydrogen-bond acceptors (Lipinski definition) is 8. The predicted molar refractivity (Wildman–Crippen MR) is 242 cm³/mol. The summed E-state index contributed by atoms with van der Waals surface area (Å²) in [4.78, 5) is 32.7. The Hall–Kier alpha value is -6.08. The van der Waals surface area contributed by atoms with Gasteiger partial charge >= 0.3 is 0 Å². The highest BCUT2D eigenvalue weighted by Crippen LogP contribution is 2.60. The number of fused-ring (bicyclic) bond motifs is 3. The lowest BCUT2D eigenvalue weighted by Crippen LogP contribution is -2.51. The molecule has 3 aliphatic heterocycles. The van der Waals surface area contributed by atoms with E-state index in [0.717, 1.165) is 45.1 Å². The van der Waals surface area contributed by atoms with Crippen LogP contribution < -0.4 is 24.5 Å². The van der Waals surface area contributed by atoms with Crippen LogP contribution in [0.2, 0.25) is 18.6 Å². The highest BCUT2D eigenvalue weighted by atomic mass is 28.3. The number of anilines is 3. The smallest absolute Gasteiger partial charge is 0.264 e. The second kappa shape index (κ2) is 16.7. The summed E-state index contributed by atoms with van der Waals surface area (Å²) < 4.78 is 20.6. The number of para-hydroxylation sites is 1.